The van der Waals surface area contributed by atoms with E-state index in [0.29, 0.717) is 5.56 Å². The van der Waals surface area contributed by atoms with Crippen molar-refractivity contribution < 1.29 is 24.6 Å². The first kappa shape index (κ1) is 16.6. The molecule has 0 aliphatic carbocycles. The van der Waals surface area contributed by atoms with Crippen molar-refractivity contribution in [1.82, 2.24) is 10.6 Å². The number of aliphatic hydroxyl groups is 1. The Kier molecular flexibility index (Phi) is 6.35. The van der Waals surface area contributed by atoms with E-state index in [4.69, 9.17) is 10.2 Å². The summed E-state index contributed by atoms with van der Waals surface area (Å²) in [7, 11) is 0. The minimum atomic E-state index is -1.23. The summed E-state index contributed by atoms with van der Waals surface area (Å²) < 4.78 is 0. The van der Waals surface area contributed by atoms with Gasteiger partial charge >= 0.3 is 5.97 Å². The zero-order chi connectivity index (χ0) is 15.8. The third-order valence-electron chi connectivity index (χ3n) is 2.77. The molecule has 0 fully saturated rings. The van der Waals surface area contributed by atoms with Gasteiger partial charge in [-0.05, 0) is 19.1 Å². The summed E-state index contributed by atoms with van der Waals surface area (Å²) in [5, 5.41) is 22.1. The second-order valence-corrected chi connectivity index (χ2v) is 4.52. The van der Waals surface area contributed by atoms with E-state index in [9.17, 15) is 14.4 Å². The van der Waals surface area contributed by atoms with Gasteiger partial charge in [0.05, 0.1) is 6.54 Å². The van der Waals surface area contributed by atoms with Crippen molar-refractivity contribution in [2.24, 2.45) is 0 Å². The molecule has 1 atom stereocenters. The first-order valence-electron chi connectivity index (χ1n) is 6.42. The predicted molar refractivity (Wildman–Crippen MR) is 74.8 cm³/mol. The van der Waals surface area contributed by atoms with Gasteiger partial charge < -0.3 is 20.8 Å². The van der Waals surface area contributed by atoms with Gasteiger partial charge in [-0.2, -0.15) is 0 Å². The molecule has 1 rings (SSSR count). The highest BCUT2D eigenvalue weighted by Gasteiger charge is 2.19. The number of carbonyl (C=O) groups excluding carboxylic acids is 2. The molecule has 4 N–H and O–H groups in total. The minimum absolute atomic E-state index is 0.0903. The number of aliphatic hydroxyl groups excluding tert-OH is 1. The maximum Gasteiger partial charge on any atom is 0.326 e. The molecule has 0 bridgehead atoms. The summed E-state index contributed by atoms with van der Waals surface area (Å²) in [5.74, 6) is -2.28. The molecule has 0 aromatic heterocycles. The molecule has 7 heteroatoms. The normalized spacial score (nSPS) is 11.5. The maximum absolute atomic E-state index is 11.8. The highest BCUT2D eigenvalue weighted by atomic mass is 16.4. The summed E-state index contributed by atoms with van der Waals surface area (Å²) in [4.78, 5) is 34.1. The van der Waals surface area contributed by atoms with E-state index in [0.717, 1.165) is 5.56 Å². The molecule has 0 saturated carbocycles. The number of amides is 2. The van der Waals surface area contributed by atoms with Gasteiger partial charge in [-0.15, -0.1) is 0 Å². The van der Waals surface area contributed by atoms with Gasteiger partial charge in [-0.3, -0.25) is 9.59 Å². The van der Waals surface area contributed by atoms with E-state index in [2.05, 4.69) is 10.6 Å². The van der Waals surface area contributed by atoms with Crippen LogP contribution in [0.25, 0.3) is 0 Å². The van der Waals surface area contributed by atoms with Crippen molar-refractivity contribution in [2.45, 2.75) is 19.4 Å². The maximum atomic E-state index is 11.8. The molecule has 2 amide bonds. The fourth-order valence-corrected chi connectivity index (χ4v) is 1.60. The van der Waals surface area contributed by atoms with Crippen LogP contribution in [0.4, 0.5) is 0 Å². The van der Waals surface area contributed by atoms with Gasteiger partial charge in [0.1, 0.15) is 6.04 Å². The Morgan fingerprint density at radius 3 is 2.33 bits per heavy atom. The van der Waals surface area contributed by atoms with E-state index < -0.39 is 23.8 Å². The number of carboxylic acid groups (broad SMARTS) is 1. The standard InChI is InChI=1S/C14H18N2O5/c1-9-2-4-10(5-3-9)13(19)15-8-12(18)16-11(6-7-17)14(20)21/h2-5,11,17H,6-8H2,1H3,(H,15,19)(H,16,18)(H,20,21)/t11-/m0/s1. The highest BCUT2D eigenvalue weighted by Crippen LogP contribution is 2.02. The molecule has 0 spiro atoms. The molecule has 21 heavy (non-hydrogen) atoms. The molecular weight excluding hydrogens is 276 g/mol. The fourth-order valence-electron chi connectivity index (χ4n) is 1.60. The second-order valence-electron chi connectivity index (χ2n) is 4.52. The first-order valence-corrected chi connectivity index (χ1v) is 6.42. The number of hydrogen-bond acceptors (Lipinski definition) is 4. The van der Waals surface area contributed by atoms with Crippen molar-refractivity contribution in [3.8, 4) is 0 Å². The molecule has 0 saturated heterocycles. The lowest BCUT2D eigenvalue weighted by molar-refractivity contribution is -0.142. The first-order chi connectivity index (χ1) is 9.93. The van der Waals surface area contributed by atoms with E-state index in [-0.39, 0.29) is 19.6 Å². The zero-order valence-electron chi connectivity index (χ0n) is 11.6. The van der Waals surface area contributed by atoms with Crippen LogP contribution in [0, 0.1) is 6.92 Å². The lowest BCUT2D eigenvalue weighted by Crippen LogP contribution is -2.45. The van der Waals surface area contributed by atoms with Gasteiger partial charge in [0, 0.05) is 18.6 Å². The molecule has 0 radical (unpaired) electrons. The Hall–Kier alpha value is -2.41. The lowest BCUT2D eigenvalue weighted by atomic mass is 10.1. The molecular formula is C14H18N2O5. The number of carboxylic acids is 1. The van der Waals surface area contributed by atoms with Crippen molar-refractivity contribution in [3.05, 3.63) is 35.4 Å². The van der Waals surface area contributed by atoms with Gasteiger partial charge in [-0.1, -0.05) is 17.7 Å². The summed E-state index contributed by atoms with van der Waals surface area (Å²) in [6, 6.07) is 5.65. The monoisotopic (exact) mass is 294 g/mol. The summed E-state index contributed by atoms with van der Waals surface area (Å²) in [6.45, 7) is 1.21. The Labute approximate surface area is 122 Å². The zero-order valence-corrected chi connectivity index (χ0v) is 11.6. The van der Waals surface area contributed by atoms with Crippen LogP contribution >= 0.6 is 0 Å². The van der Waals surface area contributed by atoms with Gasteiger partial charge in [0.25, 0.3) is 5.91 Å². The predicted octanol–water partition coefficient (Wildman–Crippen LogP) is -0.323. The second kappa shape index (κ2) is 8.01. The summed E-state index contributed by atoms with van der Waals surface area (Å²) in [6.07, 6.45) is -0.0903. The van der Waals surface area contributed by atoms with Crippen LogP contribution in [0.5, 0.6) is 0 Å². The molecule has 0 aliphatic heterocycles. The van der Waals surface area contributed by atoms with Crippen molar-refractivity contribution in [3.63, 3.8) is 0 Å². The largest absolute Gasteiger partial charge is 0.480 e. The van der Waals surface area contributed by atoms with Crippen LogP contribution in [0.1, 0.15) is 22.3 Å². The minimum Gasteiger partial charge on any atom is -0.480 e. The average molecular weight is 294 g/mol. The third kappa shape index (κ3) is 5.62. The summed E-state index contributed by atoms with van der Waals surface area (Å²) in [5.41, 5.74) is 1.43. The number of nitrogens with one attached hydrogen (secondary N) is 2. The lowest BCUT2D eigenvalue weighted by Gasteiger charge is -2.13. The van der Waals surface area contributed by atoms with Crippen LogP contribution in [-0.4, -0.2) is 47.2 Å². The van der Waals surface area contributed by atoms with Crippen LogP contribution in [0.15, 0.2) is 24.3 Å². The summed E-state index contributed by atoms with van der Waals surface area (Å²) >= 11 is 0. The molecule has 1 aromatic rings. The van der Waals surface area contributed by atoms with E-state index >= 15 is 0 Å². The van der Waals surface area contributed by atoms with Gasteiger partial charge in [-0.25, -0.2) is 4.79 Å². The van der Waals surface area contributed by atoms with Crippen LogP contribution in [-0.2, 0) is 9.59 Å². The number of benzene rings is 1. The highest BCUT2D eigenvalue weighted by molar-refractivity contribution is 5.96. The van der Waals surface area contributed by atoms with Crippen LogP contribution in [0.3, 0.4) is 0 Å². The number of aryl methyl sites for hydroxylation is 1. The van der Waals surface area contributed by atoms with E-state index in [1.807, 2.05) is 6.92 Å². The molecule has 1 aromatic carbocycles. The number of carbonyl (C=O) groups is 3. The Balaban J connectivity index is 2.46. The van der Waals surface area contributed by atoms with Crippen molar-refractivity contribution in [1.29, 1.82) is 0 Å². The van der Waals surface area contributed by atoms with Crippen molar-refractivity contribution >= 4 is 17.8 Å². The van der Waals surface area contributed by atoms with Gasteiger partial charge in [0.15, 0.2) is 0 Å². The molecule has 0 heterocycles. The van der Waals surface area contributed by atoms with Crippen molar-refractivity contribution in [2.75, 3.05) is 13.2 Å². The smallest absolute Gasteiger partial charge is 0.326 e. The molecule has 114 valence electrons. The Bertz CT molecular complexity index is 513. The molecule has 7 nitrogen and oxygen atoms in total. The quantitative estimate of drug-likeness (QED) is 0.550. The average Bonchev–Trinajstić information content (AvgIpc) is 2.45. The van der Waals surface area contributed by atoms with Gasteiger partial charge in [0.2, 0.25) is 5.91 Å². The Morgan fingerprint density at radius 1 is 1.19 bits per heavy atom. The van der Waals surface area contributed by atoms with Crippen LogP contribution < -0.4 is 10.6 Å². The SMILES string of the molecule is Cc1ccc(C(=O)NCC(=O)N[C@@H](CCO)C(=O)O)cc1. The Morgan fingerprint density at radius 2 is 1.81 bits per heavy atom. The van der Waals surface area contributed by atoms with Crippen LogP contribution in [0.2, 0.25) is 0 Å². The topological polar surface area (TPSA) is 116 Å². The number of rotatable bonds is 7. The fraction of sp³-hybridized carbons (Fsp3) is 0.357. The number of hydrogen-bond donors (Lipinski definition) is 4. The van der Waals surface area contributed by atoms with E-state index in [1.54, 1.807) is 24.3 Å². The number of aliphatic carboxylic acids is 1. The third-order valence-corrected chi connectivity index (χ3v) is 2.77. The van der Waals surface area contributed by atoms with E-state index in [1.165, 1.54) is 0 Å². The molecule has 0 unspecified atom stereocenters. The molecule has 0 aliphatic rings.